The molecule has 3 aromatic carbocycles. The molecule has 0 radical (unpaired) electrons. The van der Waals surface area contributed by atoms with E-state index in [9.17, 15) is 37.6 Å². The van der Waals surface area contributed by atoms with Crippen molar-refractivity contribution in [2.75, 3.05) is 62.2 Å². The van der Waals surface area contributed by atoms with Gasteiger partial charge in [0.1, 0.15) is 18.4 Å². The molecule has 73 heavy (non-hydrogen) atoms. The van der Waals surface area contributed by atoms with E-state index in [1.54, 1.807) is 12.1 Å². The molecule has 1 aliphatic carbocycles. The minimum Gasteiger partial charge on any atom is -0.487 e. The number of carboxylic acids is 1. The first kappa shape index (κ1) is 51.3. The minimum absolute atomic E-state index is 0.105. The van der Waals surface area contributed by atoms with E-state index in [0.29, 0.717) is 45.8 Å². The first-order valence-electron chi connectivity index (χ1n) is 24.7. The first-order valence-corrected chi connectivity index (χ1v) is 25.1. The summed E-state index contributed by atoms with van der Waals surface area (Å²) in [7, 11) is 0. The maximum Gasteiger partial charge on any atom is 0.490 e. The number of alkyl halides is 3. The molecule has 10 rings (SSSR count). The highest BCUT2D eigenvalue weighted by atomic mass is 35.5. The smallest absolute Gasteiger partial charge is 0.487 e. The van der Waals surface area contributed by atoms with Gasteiger partial charge in [0.25, 0.3) is 11.8 Å². The number of halogens is 4. The van der Waals surface area contributed by atoms with Crippen LogP contribution in [0.2, 0.25) is 5.02 Å². The highest BCUT2D eigenvalue weighted by molar-refractivity contribution is 6.30. The van der Waals surface area contributed by atoms with Crippen LogP contribution in [0.3, 0.4) is 0 Å². The molecule has 1 aromatic heterocycles. The van der Waals surface area contributed by atoms with Gasteiger partial charge in [-0.3, -0.25) is 34.3 Å². The van der Waals surface area contributed by atoms with Crippen LogP contribution in [-0.4, -0.2) is 136 Å². The maximum atomic E-state index is 13.4. The Morgan fingerprint density at radius 1 is 0.822 bits per heavy atom. The second kappa shape index (κ2) is 20.7. The molecule has 2 N–H and O–H groups in total. The number of piperazine rings is 1. The summed E-state index contributed by atoms with van der Waals surface area (Å²) >= 11 is 6.32. The lowest BCUT2D eigenvalue weighted by Crippen LogP contribution is -2.58. The van der Waals surface area contributed by atoms with Crippen LogP contribution in [-0.2, 0) is 26.4 Å². The van der Waals surface area contributed by atoms with E-state index in [2.05, 4.69) is 61.9 Å². The summed E-state index contributed by atoms with van der Waals surface area (Å²) in [6.45, 7) is 12.5. The molecule has 16 nitrogen and oxygen atoms in total. The molecule has 6 aliphatic rings. The number of carbonyl (C=O) groups excluding carboxylic acids is 4. The Labute approximate surface area is 426 Å². The number of amides is 4. The summed E-state index contributed by atoms with van der Waals surface area (Å²) in [5, 5.41) is 19.4. The molecule has 20 heteroatoms. The van der Waals surface area contributed by atoms with Gasteiger partial charge in [0.05, 0.1) is 28.5 Å². The Hall–Kier alpha value is -6.62. The number of hydrogen-bond acceptors (Lipinski definition) is 13. The topological polar surface area (TPSA) is 193 Å². The minimum atomic E-state index is -5.08. The number of piperidine rings is 3. The van der Waals surface area contributed by atoms with Crippen LogP contribution in [0.5, 0.6) is 5.75 Å². The van der Waals surface area contributed by atoms with Crippen molar-refractivity contribution in [1.29, 1.82) is 5.26 Å². The van der Waals surface area contributed by atoms with Gasteiger partial charge >= 0.3 is 12.1 Å². The fourth-order valence-electron chi connectivity index (χ4n) is 11.3. The van der Waals surface area contributed by atoms with Crippen LogP contribution < -0.4 is 19.9 Å². The molecular formula is C53H57ClF3N9O7. The third-order valence-electron chi connectivity index (χ3n) is 15.7. The van der Waals surface area contributed by atoms with Crippen molar-refractivity contribution < 1.29 is 47.0 Å². The lowest BCUT2D eigenvalue weighted by atomic mass is 9.59. The summed E-state index contributed by atoms with van der Waals surface area (Å²) in [5.74, 6) is -3.14. The summed E-state index contributed by atoms with van der Waals surface area (Å²) in [5.41, 5.74) is 5.08. The largest absolute Gasteiger partial charge is 0.490 e. The Bertz CT molecular complexity index is 2810. The highest BCUT2D eigenvalue weighted by Crippen LogP contribution is 2.52. The van der Waals surface area contributed by atoms with Crippen LogP contribution in [0.15, 0.2) is 72.9 Å². The summed E-state index contributed by atoms with van der Waals surface area (Å²) in [4.78, 5) is 80.3. The normalized spacial score (nSPS) is 21.0. The second-order valence-electron chi connectivity index (χ2n) is 20.4. The quantitative estimate of drug-likeness (QED) is 0.155. The predicted molar refractivity (Wildman–Crippen MR) is 263 cm³/mol. The number of aliphatic carboxylic acids is 1. The second-order valence-corrected chi connectivity index (χ2v) is 20.9. The van der Waals surface area contributed by atoms with E-state index in [4.69, 9.17) is 31.2 Å². The van der Waals surface area contributed by atoms with Gasteiger partial charge in [0.2, 0.25) is 17.8 Å². The molecule has 0 bridgehead atoms. The number of nitriles is 1. The van der Waals surface area contributed by atoms with E-state index < -0.39 is 35.9 Å². The van der Waals surface area contributed by atoms with Gasteiger partial charge in [-0.05, 0) is 129 Å². The number of hydrogen-bond donors (Lipinski definition) is 2. The van der Waals surface area contributed by atoms with Gasteiger partial charge in [-0.1, -0.05) is 37.6 Å². The van der Waals surface area contributed by atoms with E-state index in [1.807, 2.05) is 48.7 Å². The number of likely N-dealkylation sites (tertiary alicyclic amines) is 1. The zero-order chi connectivity index (χ0) is 51.8. The van der Waals surface area contributed by atoms with Crippen molar-refractivity contribution >= 4 is 52.8 Å². The van der Waals surface area contributed by atoms with E-state index in [-0.39, 0.29) is 24.2 Å². The maximum absolute atomic E-state index is 13.4. The van der Waals surface area contributed by atoms with Crippen molar-refractivity contribution in [2.45, 2.75) is 102 Å². The molecule has 1 saturated carbocycles. The zero-order valence-corrected chi connectivity index (χ0v) is 41.4. The monoisotopic (exact) mass is 1020 g/mol. The molecule has 5 fully saturated rings. The van der Waals surface area contributed by atoms with Gasteiger partial charge in [-0.15, -0.1) is 0 Å². The summed E-state index contributed by atoms with van der Waals surface area (Å²) in [6.07, 6.45) is 4.10. The number of benzene rings is 3. The molecule has 5 aliphatic heterocycles. The molecular weight excluding hydrogens is 967 g/mol. The number of carbonyl (C=O) groups is 5. The van der Waals surface area contributed by atoms with E-state index in [1.165, 1.54) is 25.7 Å². The molecule has 4 aromatic rings. The Kier molecular flexibility index (Phi) is 14.6. The van der Waals surface area contributed by atoms with Gasteiger partial charge in [-0.25, -0.2) is 14.8 Å². The SMILES string of the molecule is CC(C)(c1ccc(OCc2ccnc(N3CCN(C4CCN(C5CC6(CCN(c7ccc8c(c7)C(=O)N(C7CCC(=O)NC7=O)C8=O)CC6)C5)CC4)CC3)n2)cc1)c1cc(Cl)cc(C#N)c1.O=C(O)C(F)(F)F. The van der Waals surface area contributed by atoms with E-state index in [0.717, 1.165) is 104 Å². The average molecular weight is 1020 g/mol. The third kappa shape index (κ3) is 11.0. The van der Waals surface area contributed by atoms with Crippen LogP contribution in [0.4, 0.5) is 24.8 Å². The van der Waals surface area contributed by atoms with E-state index >= 15 is 0 Å². The van der Waals surface area contributed by atoms with Crippen molar-refractivity contribution in [2.24, 2.45) is 5.41 Å². The average Bonchev–Trinajstić information content (AvgIpc) is 3.62. The lowest BCUT2D eigenvalue weighted by molar-refractivity contribution is -0.192. The van der Waals surface area contributed by atoms with Crippen LogP contribution >= 0.6 is 11.6 Å². The molecule has 4 saturated heterocycles. The third-order valence-corrected chi connectivity index (χ3v) is 16.0. The zero-order valence-electron chi connectivity index (χ0n) is 40.7. The van der Waals surface area contributed by atoms with Crippen LogP contribution in [0, 0.1) is 16.7 Å². The molecule has 4 amide bonds. The fourth-order valence-corrected chi connectivity index (χ4v) is 11.6. The van der Waals surface area contributed by atoms with Crippen molar-refractivity contribution in [1.82, 2.24) is 30.0 Å². The molecule has 1 spiro atoms. The Morgan fingerprint density at radius 3 is 2.12 bits per heavy atom. The Morgan fingerprint density at radius 2 is 1.48 bits per heavy atom. The van der Waals surface area contributed by atoms with Crippen molar-refractivity contribution in [3.8, 4) is 11.8 Å². The number of nitrogens with one attached hydrogen (secondary N) is 1. The lowest BCUT2D eigenvalue weighted by Gasteiger charge is -2.57. The molecule has 6 heterocycles. The molecule has 1 unspecified atom stereocenters. The number of rotatable bonds is 10. The van der Waals surface area contributed by atoms with Crippen LogP contribution in [0.1, 0.15) is 108 Å². The number of nitrogens with zero attached hydrogens (tertiary/aromatic N) is 8. The van der Waals surface area contributed by atoms with Crippen LogP contribution in [0.25, 0.3) is 0 Å². The number of aromatic nitrogens is 2. The number of fused-ring (bicyclic) bond motifs is 1. The van der Waals surface area contributed by atoms with Crippen molar-refractivity contribution in [3.63, 3.8) is 0 Å². The number of anilines is 2. The first-order chi connectivity index (χ1) is 34.8. The highest BCUT2D eigenvalue weighted by Gasteiger charge is 2.49. The molecule has 1 atom stereocenters. The van der Waals surface area contributed by atoms with Crippen molar-refractivity contribution in [3.05, 3.63) is 111 Å². The number of imide groups is 2. The van der Waals surface area contributed by atoms with Gasteiger partial charge in [0.15, 0.2) is 0 Å². The van der Waals surface area contributed by atoms with Gasteiger partial charge in [0, 0.05) is 80.1 Å². The van der Waals surface area contributed by atoms with Gasteiger partial charge in [-0.2, -0.15) is 18.4 Å². The number of ether oxygens (including phenoxy) is 1. The predicted octanol–water partition coefficient (Wildman–Crippen LogP) is 6.98. The summed E-state index contributed by atoms with van der Waals surface area (Å²) in [6, 6.07) is 23.4. The van der Waals surface area contributed by atoms with Gasteiger partial charge < -0.3 is 24.5 Å². The summed E-state index contributed by atoms with van der Waals surface area (Å²) < 4.78 is 37.9. The molecule has 384 valence electrons. The fraction of sp³-hybridized carbons (Fsp3) is 0.472. The number of carboxylic acid groups (broad SMARTS) is 1. The standard InChI is InChI=1S/C51H56ClN9O5.C2HF3O2/c1-50(2,35-25-33(31-53)26-36(52)27-35)34-3-6-41(7-4-34)66-32-37-11-16-54-49(55-37)60-23-21-59(22-24-60)38-12-17-57(18-13-38)40-29-51(30-40)14-19-58(20-15-51)39-5-8-42-43(28-39)48(65)61(47(42)64)44-9-10-45(62)56-46(44)63;3-2(4,5)1(6)7/h3-8,11,16,25-28,38,40,44H,9-10,12-15,17-24,29-30,32H2,1-2H3,(H,56,62,63);(H,6,7). The Balaban J connectivity index is 0.000000875.